The lowest BCUT2D eigenvalue weighted by Gasteiger charge is -2.23. The van der Waals surface area contributed by atoms with Crippen molar-refractivity contribution in [3.05, 3.63) is 205 Å². The maximum absolute atomic E-state index is 5.20. The second-order valence-corrected chi connectivity index (χ2v) is 16.0. The third kappa shape index (κ3) is 6.55. The summed E-state index contributed by atoms with van der Waals surface area (Å²) in [6.45, 7) is 4.65. The highest BCUT2D eigenvalue weighted by atomic mass is 15.0. The molecule has 0 saturated carbocycles. The van der Waals surface area contributed by atoms with E-state index in [1.807, 2.05) is 91.0 Å². The van der Waals surface area contributed by atoms with Gasteiger partial charge in [-0.2, -0.15) is 0 Å². The van der Waals surface area contributed by atoms with E-state index >= 15 is 0 Å². The van der Waals surface area contributed by atoms with Gasteiger partial charge in [0.2, 0.25) is 0 Å². The molecule has 0 spiro atoms. The second-order valence-electron chi connectivity index (χ2n) is 16.0. The van der Waals surface area contributed by atoms with Gasteiger partial charge in [0.05, 0.1) is 0 Å². The van der Waals surface area contributed by atoms with E-state index in [-0.39, 0.29) is 5.41 Å². The van der Waals surface area contributed by atoms with Crippen LogP contribution >= 0.6 is 0 Å². The summed E-state index contributed by atoms with van der Waals surface area (Å²) < 4.78 is 0. The van der Waals surface area contributed by atoms with E-state index in [4.69, 9.17) is 29.9 Å². The van der Waals surface area contributed by atoms with Crippen LogP contribution in [0.2, 0.25) is 0 Å². The van der Waals surface area contributed by atoms with Crippen LogP contribution in [0.1, 0.15) is 25.0 Å². The van der Waals surface area contributed by atoms with E-state index in [1.165, 1.54) is 33.0 Å². The van der Waals surface area contributed by atoms with Gasteiger partial charge in [0, 0.05) is 38.8 Å². The molecule has 1 aliphatic carbocycles. The van der Waals surface area contributed by atoms with Gasteiger partial charge in [0.25, 0.3) is 0 Å². The van der Waals surface area contributed by atoms with Crippen LogP contribution in [0, 0.1) is 0 Å². The smallest absolute Gasteiger partial charge is 0.164 e. The number of hydrogen-bond acceptors (Lipinski definition) is 6. The highest BCUT2D eigenvalue weighted by molar-refractivity contribution is 5.98. The SMILES string of the molecule is CC1(C)c2cc(-c3nc(-c4ccccc4)nc(-c4cccc(-c5cccc(-c6nc(-c7ccccc7)nc(-c7ccccc7)n6)c5)c4)n3)ccc2-c2ccc3ccccc3c21. The number of fused-ring (bicyclic) bond motifs is 5. The molecule has 288 valence electrons. The molecule has 11 rings (SSSR count). The van der Waals surface area contributed by atoms with Crippen LogP contribution in [0.5, 0.6) is 0 Å². The third-order valence-corrected chi connectivity index (χ3v) is 11.7. The molecule has 6 heteroatoms. The van der Waals surface area contributed by atoms with Crippen molar-refractivity contribution in [2.45, 2.75) is 19.3 Å². The first-order chi connectivity index (χ1) is 30.0. The molecule has 0 N–H and O–H groups in total. The molecule has 0 saturated heterocycles. The van der Waals surface area contributed by atoms with Gasteiger partial charge in [-0.3, -0.25) is 0 Å². The lowest BCUT2D eigenvalue weighted by Crippen LogP contribution is -2.15. The fourth-order valence-corrected chi connectivity index (χ4v) is 8.70. The van der Waals surface area contributed by atoms with Crippen LogP contribution in [0.15, 0.2) is 194 Å². The topological polar surface area (TPSA) is 77.3 Å². The van der Waals surface area contributed by atoms with E-state index in [0.717, 1.165) is 44.5 Å². The normalized spacial score (nSPS) is 12.6. The maximum atomic E-state index is 5.20. The Hall–Kier alpha value is -7.96. The summed E-state index contributed by atoms with van der Waals surface area (Å²) in [5, 5.41) is 2.55. The van der Waals surface area contributed by atoms with E-state index in [2.05, 4.69) is 117 Å². The molecule has 2 aromatic heterocycles. The highest BCUT2D eigenvalue weighted by Crippen LogP contribution is 2.52. The molecule has 0 atom stereocenters. The minimum atomic E-state index is -0.212. The molecule has 0 radical (unpaired) electrons. The van der Waals surface area contributed by atoms with Crippen molar-refractivity contribution >= 4 is 10.8 Å². The van der Waals surface area contributed by atoms with Crippen LogP contribution in [0.25, 0.3) is 101 Å². The molecule has 0 bridgehead atoms. The lowest BCUT2D eigenvalue weighted by molar-refractivity contribution is 0.666. The predicted molar refractivity (Wildman–Crippen MR) is 246 cm³/mol. The molecular weight excluding hydrogens is 745 g/mol. The summed E-state index contributed by atoms with van der Waals surface area (Å²) in [5.41, 5.74) is 12.5. The Balaban J connectivity index is 0.995. The molecule has 10 aromatic rings. The minimum Gasteiger partial charge on any atom is -0.208 e. The zero-order valence-corrected chi connectivity index (χ0v) is 33.7. The van der Waals surface area contributed by atoms with Gasteiger partial charge in [0.15, 0.2) is 34.9 Å². The summed E-state index contributed by atoms with van der Waals surface area (Å²) >= 11 is 0. The number of hydrogen-bond donors (Lipinski definition) is 0. The summed E-state index contributed by atoms with van der Waals surface area (Å²) in [6, 6.07) is 66.9. The summed E-state index contributed by atoms with van der Waals surface area (Å²) in [5.74, 6) is 3.72. The molecule has 6 nitrogen and oxygen atoms in total. The van der Waals surface area contributed by atoms with Crippen molar-refractivity contribution in [1.82, 2.24) is 29.9 Å². The van der Waals surface area contributed by atoms with E-state index < -0.39 is 0 Å². The van der Waals surface area contributed by atoms with Gasteiger partial charge in [-0.15, -0.1) is 0 Å². The Bertz CT molecular complexity index is 3210. The summed E-state index contributed by atoms with van der Waals surface area (Å²) in [6.07, 6.45) is 0. The summed E-state index contributed by atoms with van der Waals surface area (Å²) in [7, 11) is 0. The van der Waals surface area contributed by atoms with Crippen molar-refractivity contribution in [1.29, 1.82) is 0 Å². The molecule has 61 heavy (non-hydrogen) atoms. The van der Waals surface area contributed by atoms with Crippen LogP contribution in [-0.2, 0) is 5.41 Å². The summed E-state index contributed by atoms with van der Waals surface area (Å²) in [4.78, 5) is 30.3. The number of aromatic nitrogens is 6. The Kier molecular flexibility index (Phi) is 8.71. The molecule has 0 unspecified atom stereocenters. The van der Waals surface area contributed by atoms with Crippen molar-refractivity contribution in [3.8, 4) is 90.6 Å². The third-order valence-electron chi connectivity index (χ3n) is 11.7. The number of benzene rings is 8. The largest absolute Gasteiger partial charge is 0.208 e. The average molecular weight is 783 g/mol. The quantitative estimate of drug-likeness (QED) is 0.160. The van der Waals surface area contributed by atoms with Crippen molar-refractivity contribution in [2.24, 2.45) is 0 Å². The molecule has 0 fully saturated rings. The van der Waals surface area contributed by atoms with Gasteiger partial charge in [-0.25, -0.2) is 29.9 Å². The first kappa shape index (κ1) is 36.1. The predicted octanol–water partition coefficient (Wildman–Crippen LogP) is 13.2. The van der Waals surface area contributed by atoms with Crippen molar-refractivity contribution in [3.63, 3.8) is 0 Å². The fraction of sp³-hybridized carbons (Fsp3) is 0.0545. The monoisotopic (exact) mass is 782 g/mol. The number of nitrogens with zero attached hydrogens (tertiary/aromatic N) is 6. The molecule has 8 aromatic carbocycles. The van der Waals surface area contributed by atoms with Gasteiger partial charge >= 0.3 is 0 Å². The molecule has 0 amide bonds. The van der Waals surface area contributed by atoms with Gasteiger partial charge < -0.3 is 0 Å². The van der Waals surface area contributed by atoms with Crippen LogP contribution in [0.4, 0.5) is 0 Å². The van der Waals surface area contributed by atoms with E-state index in [9.17, 15) is 0 Å². The Morgan fingerprint density at radius 3 is 1.16 bits per heavy atom. The number of rotatable bonds is 7. The maximum Gasteiger partial charge on any atom is 0.164 e. The lowest BCUT2D eigenvalue weighted by atomic mass is 9.80. The fourth-order valence-electron chi connectivity index (χ4n) is 8.70. The van der Waals surface area contributed by atoms with Crippen LogP contribution < -0.4 is 0 Å². The van der Waals surface area contributed by atoms with Crippen LogP contribution in [0.3, 0.4) is 0 Å². The minimum absolute atomic E-state index is 0.212. The molecular formula is C55H38N6. The zero-order chi connectivity index (χ0) is 40.9. The first-order valence-electron chi connectivity index (χ1n) is 20.5. The van der Waals surface area contributed by atoms with E-state index in [1.54, 1.807) is 0 Å². The van der Waals surface area contributed by atoms with E-state index in [0.29, 0.717) is 34.9 Å². The molecule has 1 aliphatic rings. The zero-order valence-electron chi connectivity index (χ0n) is 33.7. The average Bonchev–Trinajstić information content (AvgIpc) is 3.57. The highest BCUT2D eigenvalue weighted by Gasteiger charge is 2.37. The van der Waals surface area contributed by atoms with Crippen molar-refractivity contribution in [2.75, 3.05) is 0 Å². The Morgan fingerprint density at radius 1 is 0.295 bits per heavy atom. The second kappa shape index (κ2) is 14.7. The van der Waals surface area contributed by atoms with Crippen LogP contribution in [-0.4, -0.2) is 29.9 Å². The Labute approximate surface area is 354 Å². The first-order valence-corrected chi connectivity index (χ1v) is 20.5. The van der Waals surface area contributed by atoms with Gasteiger partial charge in [0.1, 0.15) is 0 Å². The Morgan fingerprint density at radius 2 is 0.672 bits per heavy atom. The van der Waals surface area contributed by atoms with Crippen molar-refractivity contribution < 1.29 is 0 Å². The molecule has 2 heterocycles. The standard InChI is InChI=1S/C55H38N6/c1-55(2)47-34-43(29-30-45(47)46-31-28-35-16-12-13-27-44(35)48(46)55)54-60-51(38-21-10-5-11-22-38)59-53(61-54)42-26-15-24-40(33-42)39-23-14-25-41(32-39)52-57-49(36-17-6-3-7-18-36)56-50(58-52)37-19-8-4-9-20-37/h3-34H,1-2H3. The molecule has 0 aliphatic heterocycles. The van der Waals surface area contributed by atoms with Gasteiger partial charge in [-0.05, 0) is 62.4 Å². The van der Waals surface area contributed by atoms with Gasteiger partial charge in [-0.1, -0.05) is 190 Å².